The van der Waals surface area contributed by atoms with Gasteiger partial charge in [0.25, 0.3) is 0 Å². The van der Waals surface area contributed by atoms with E-state index in [1.54, 1.807) is 22.8 Å². The zero-order valence-electron chi connectivity index (χ0n) is 17.6. The Balaban J connectivity index is 1.77. The van der Waals surface area contributed by atoms with Gasteiger partial charge in [-0.25, -0.2) is 8.42 Å². The van der Waals surface area contributed by atoms with Gasteiger partial charge in [-0.15, -0.1) is 0 Å². The molecule has 3 aromatic carbocycles. The lowest BCUT2D eigenvalue weighted by Gasteiger charge is -2.20. The molecule has 1 aromatic heterocycles. The number of fused-ring (bicyclic) bond motifs is 1. The summed E-state index contributed by atoms with van der Waals surface area (Å²) in [5.41, 5.74) is 3.53. The Labute approximate surface area is 186 Å². The quantitative estimate of drug-likeness (QED) is 0.447. The summed E-state index contributed by atoms with van der Waals surface area (Å²) in [5.74, 6) is 0. The highest BCUT2D eigenvalue weighted by Crippen LogP contribution is 2.28. The van der Waals surface area contributed by atoms with Crippen molar-refractivity contribution >= 4 is 31.6 Å². The van der Waals surface area contributed by atoms with Crippen molar-refractivity contribution < 1.29 is 8.42 Å². The van der Waals surface area contributed by atoms with Crippen molar-refractivity contribution in [3.05, 3.63) is 99.2 Å². The number of nitrogens with one attached hydrogen (secondary N) is 1. The van der Waals surface area contributed by atoms with Gasteiger partial charge >= 0.3 is 4.87 Å². The number of aryl methyl sites for hydroxylation is 1. The van der Waals surface area contributed by atoms with Crippen molar-refractivity contribution in [1.82, 2.24) is 9.29 Å². The lowest BCUT2D eigenvalue weighted by Crippen LogP contribution is -2.29. The fourth-order valence-corrected chi connectivity index (χ4v) is 6.09. The standard InChI is InChI=1S/C24H24N2O3S2/c1-16(2)26-21-13-12-20(15-22(21)30-24(26)27)31(28,29)25-23(18-9-5-4-6-10-18)19-11-7-8-17(3)14-19/h4-16,23,25H,1-3H3. The minimum absolute atomic E-state index is 0.00520. The van der Waals surface area contributed by atoms with E-state index in [2.05, 4.69) is 4.72 Å². The SMILES string of the molecule is Cc1cccc(C(NS(=O)(=O)c2ccc3c(c2)sc(=O)n3C(C)C)c2ccccc2)c1. The van der Waals surface area contributed by atoms with Crippen LogP contribution < -0.4 is 9.60 Å². The predicted molar refractivity (Wildman–Crippen MR) is 126 cm³/mol. The van der Waals surface area contributed by atoms with E-state index in [4.69, 9.17) is 0 Å². The molecule has 0 fully saturated rings. The Kier molecular flexibility index (Phi) is 5.83. The highest BCUT2D eigenvalue weighted by atomic mass is 32.2. The Morgan fingerprint density at radius 3 is 2.29 bits per heavy atom. The van der Waals surface area contributed by atoms with Crippen LogP contribution in [0.3, 0.4) is 0 Å². The maximum absolute atomic E-state index is 13.4. The van der Waals surface area contributed by atoms with Gasteiger partial charge in [0.15, 0.2) is 0 Å². The molecule has 0 saturated carbocycles. The fraction of sp³-hybridized carbons (Fsp3) is 0.208. The summed E-state index contributed by atoms with van der Waals surface area (Å²) in [6.45, 7) is 5.85. The number of hydrogen-bond donors (Lipinski definition) is 1. The summed E-state index contributed by atoms with van der Waals surface area (Å²) < 4.78 is 31.9. The molecule has 4 aromatic rings. The lowest BCUT2D eigenvalue weighted by atomic mass is 9.98. The Hall–Kier alpha value is -2.74. The van der Waals surface area contributed by atoms with E-state index in [0.717, 1.165) is 33.5 Å². The molecule has 1 unspecified atom stereocenters. The molecule has 0 saturated heterocycles. The maximum Gasteiger partial charge on any atom is 0.308 e. The van der Waals surface area contributed by atoms with E-state index in [0.29, 0.717) is 4.70 Å². The van der Waals surface area contributed by atoms with Crippen LogP contribution in [0.15, 0.2) is 82.5 Å². The van der Waals surface area contributed by atoms with Gasteiger partial charge in [-0.2, -0.15) is 4.72 Å². The molecule has 1 heterocycles. The molecule has 31 heavy (non-hydrogen) atoms. The van der Waals surface area contributed by atoms with Crippen LogP contribution in [0.1, 0.15) is 42.6 Å². The summed E-state index contributed by atoms with van der Waals surface area (Å²) in [4.78, 5) is 12.4. The summed E-state index contributed by atoms with van der Waals surface area (Å²) in [5, 5.41) is 0. The summed E-state index contributed by atoms with van der Waals surface area (Å²) in [6, 6.07) is 21.7. The molecular weight excluding hydrogens is 428 g/mol. The van der Waals surface area contributed by atoms with E-state index < -0.39 is 16.1 Å². The average molecular weight is 453 g/mol. The zero-order valence-corrected chi connectivity index (χ0v) is 19.2. The minimum Gasteiger partial charge on any atom is -0.296 e. The topological polar surface area (TPSA) is 68.2 Å². The van der Waals surface area contributed by atoms with Crippen LogP contribution in [0, 0.1) is 6.92 Å². The third-order valence-corrected chi connectivity index (χ3v) is 7.53. The largest absolute Gasteiger partial charge is 0.308 e. The molecule has 0 spiro atoms. The number of nitrogens with zero attached hydrogens (tertiary/aromatic N) is 1. The first-order chi connectivity index (χ1) is 14.8. The van der Waals surface area contributed by atoms with Crippen LogP contribution in [0.25, 0.3) is 10.2 Å². The summed E-state index contributed by atoms with van der Waals surface area (Å²) >= 11 is 1.07. The number of benzene rings is 3. The molecule has 4 rings (SSSR count). The third-order valence-electron chi connectivity index (χ3n) is 5.19. The van der Waals surface area contributed by atoms with Gasteiger partial charge in [0.1, 0.15) is 0 Å². The smallest absolute Gasteiger partial charge is 0.296 e. The second kappa shape index (κ2) is 8.42. The van der Waals surface area contributed by atoms with Crippen molar-refractivity contribution in [2.24, 2.45) is 0 Å². The molecular formula is C24H24N2O3S2. The fourth-order valence-electron chi connectivity index (χ4n) is 3.72. The van der Waals surface area contributed by atoms with E-state index >= 15 is 0 Å². The van der Waals surface area contributed by atoms with Gasteiger partial charge in [-0.3, -0.25) is 9.36 Å². The minimum atomic E-state index is -3.84. The van der Waals surface area contributed by atoms with Crippen molar-refractivity contribution in [1.29, 1.82) is 0 Å². The van der Waals surface area contributed by atoms with E-state index in [1.807, 2.05) is 75.4 Å². The van der Waals surface area contributed by atoms with Crippen molar-refractivity contribution in [2.75, 3.05) is 0 Å². The first-order valence-corrected chi connectivity index (χ1v) is 12.3. The van der Waals surface area contributed by atoms with Gasteiger partial charge in [0.2, 0.25) is 10.0 Å². The maximum atomic E-state index is 13.4. The zero-order chi connectivity index (χ0) is 22.2. The van der Waals surface area contributed by atoms with Crippen molar-refractivity contribution in [3.63, 3.8) is 0 Å². The highest BCUT2D eigenvalue weighted by molar-refractivity contribution is 7.89. The summed E-state index contributed by atoms with van der Waals surface area (Å²) in [6.07, 6.45) is 0. The number of aromatic nitrogens is 1. The van der Waals surface area contributed by atoms with Gasteiger partial charge in [0.05, 0.1) is 21.2 Å². The molecule has 0 amide bonds. The molecule has 160 valence electrons. The van der Waals surface area contributed by atoms with E-state index in [-0.39, 0.29) is 15.8 Å². The van der Waals surface area contributed by atoms with E-state index in [1.165, 1.54) is 0 Å². The number of thiazole rings is 1. The van der Waals surface area contributed by atoms with Crippen LogP contribution in [-0.4, -0.2) is 13.0 Å². The van der Waals surface area contributed by atoms with Crippen molar-refractivity contribution in [2.45, 2.75) is 37.8 Å². The molecule has 1 N–H and O–H groups in total. The van der Waals surface area contributed by atoms with E-state index in [9.17, 15) is 13.2 Å². The third kappa shape index (κ3) is 4.35. The number of hydrogen-bond acceptors (Lipinski definition) is 4. The molecule has 0 aliphatic rings. The number of rotatable bonds is 6. The van der Waals surface area contributed by atoms with Gasteiger partial charge in [-0.1, -0.05) is 71.5 Å². The first-order valence-electron chi connectivity index (χ1n) is 10.1. The normalized spacial score (nSPS) is 13.0. The molecule has 0 aliphatic carbocycles. The number of sulfonamides is 1. The lowest BCUT2D eigenvalue weighted by molar-refractivity contribution is 0.572. The Morgan fingerprint density at radius 1 is 0.903 bits per heavy atom. The molecule has 1 atom stereocenters. The van der Waals surface area contributed by atoms with Crippen molar-refractivity contribution in [3.8, 4) is 0 Å². The van der Waals surface area contributed by atoms with Gasteiger partial charge in [0, 0.05) is 6.04 Å². The Morgan fingerprint density at radius 2 is 1.61 bits per heavy atom. The average Bonchev–Trinajstić information content (AvgIpc) is 3.07. The first kappa shape index (κ1) is 21.5. The second-order valence-corrected chi connectivity index (χ2v) is 10.5. The Bertz CT molecular complexity index is 1390. The van der Waals surface area contributed by atoms with Crippen LogP contribution in [0.2, 0.25) is 0 Å². The van der Waals surface area contributed by atoms with Crippen LogP contribution in [-0.2, 0) is 10.0 Å². The summed E-state index contributed by atoms with van der Waals surface area (Å²) in [7, 11) is -3.84. The van der Waals surface area contributed by atoms with Gasteiger partial charge < -0.3 is 0 Å². The van der Waals surface area contributed by atoms with Crippen LogP contribution in [0.4, 0.5) is 0 Å². The van der Waals surface area contributed by atoms with Crippen LogP contribution >= 0.6 is 11.3 Å². The molecule has 7 heteroatoms. The molecule has 0 aliphatic heterocycles. The molecule has 0 bridgehead atoms. The monoisotopic (exact) mass is 452 g/mol. The molecule has 5 nitrogen and oxygen atoms in total. The second-order valence-electron chi connectivity index (χ2n) is 7.84. The van der Waals surface area contributed by atoms with Gasteiger partial charge in [-0.05, 0) is 50.1 Å². The highest BCUT2D eigenvalue weighted by Gasteiger charge is 2.24. The molecule has 0 radical (unpaired) electrons. The van der Waals surface area contributed by atoms with Crippen LogP contribution in [0.5, 0.6) is 0 Å². The predicted octanol–water partition coefficient (Wildman–Crippen LogP) is 5.02.